The number of aliphatic carboxylic acids is 1. The number of carboxylic acid groups (broad SMARTS) is 1. The molecule has 4 aliphatic rings. The number of hydrogen-bond acceptors (Lipinski definition) is 5. The molecule has 0 radical (unpaired) electrons. The van der Waals surface area contributed by atoms with Crippen molar-refractivity contribution in [2.24, 2.45) is 5.92 Å². The number of halogens is 1. The predicted molar refractivity (Wildman–Crippen MR) is 96.3 cm³/mol. The summed E-state index contributed by atoms with van der Waals surface area (Å²) in [6, 6.07) is 4.24. The van der Waals surface area contributed by atoms with Crippen LogP contribution in [0.5, 0.6) is 11.5 Å². The summed E-state index contributed by atoms with van der Waals surface area (Å²) in [5.74, 6) is 0.383. The number of carbonyl (C=O) groups is 1. The molecule has 5 rings (SSSR count). The van der Waals surface area contributed by atoms with Gasteiger partial charge in [0.25, 0.3) is 0 Å². The van der Waals surface area contributed by atoms with Gasteiger partial charge in [0, 0.05) is 22.9 Å². The van der Waals surface area contributed by atoms with E-state index in [4.69, 9.17) is 14.6 Å². The van der Waals surface area contributed by atoms with E-state index in [1.165, 1.54) is 5.56 Å². The van der Waals surface area contributed by atoms with Crippen LogP contribution in [0.2, 0.25) is 0 Å². The number of nitrogens with zero attached hydrogens (tertiary/aromatic N) is 1. The molecule has 1 fully saturated rings. The highest BCUT2D eigenvalue weighted by Gasteiger charge is 2.64. The molecular formula is C19H22ClNO5. The molecule has 1 saturated heterocycles. The summed E-state index contributed by atoms with van der Waals surface area (Å²) >= 11 is 0. The van der Waals surface area contributed by atoms with E-state index in [9.17, 15) is 9.90 Å². The number of rotatable bonds is 3. The molecule has 1 aromatic rings. The average Bonchev–Trinajstić information content (AvgIpc) is 2.94. The van der Waals surface area contributed by atoms with Crippen molar-refractivity contribution in [2.45, 2.75) is 36.5 Å². The quantitative estimate of drug-likeness (QED) is 0.772. The van der Waals surface area contributed by atoms with Crippen LogP contribution in [-0.2, 0) is 16.6 Å². The Balaban J connectivity index is 0.00000168. The highest BCUT2D eigenvalue weighted by Crippen LogP contribution is 2.62. The summed E-state index contributed by atoms with van der Waals surface area (Å²) in [5.41, 5.74) is 2.13. The standard InChI is InChI=1S/C19H21NO5.ClH/c1-20-7-6-19-11-3-4-13(21)18(19)25-17-14(24-9-15(22)23)5-2-10(16(17)19)8-12(11)20;/h2-5,11-13,18,21H,6-9H2,1H3,(H,22,23);1H/t11-,12+,13-,18-,19-;/m0./s1. The summed E-state index contributed by atoms with van der Waals surface area (Å²) in [4.78, 5) is 13.3. The van der Waals surface area contributed by atoms with Gasteiger partial charge < -0.3 is 24.6 Å². The first-order valence-electron chi connectivity index (χ1n) is 8.76. The fourth-order valence-corrected chi connectivity index (χ4v) is 5.48. The van der Waals surface area contributed by atoms with Crippen LogP contribution < -0.4 is 9.47 Å². The molecule has 0 aromatic heterocycles. The number of likely N-dealkylation sites (tertiary alicyclic amines) is 1. The largest absolute Gasteiger partial charge is 0.482 e. The molecule has 26 heavy (non-hydrogen) atoms. The minimum atomic E-state index is -1.02. The molecule has 2 aliphatic heterocycles. The van der Waals surface area contributed by atoms with Gasteiger partial charge >= 0.3 is 5.97 Å². The number of benzene rings is 1. The Hall–Kier alpha value is -1.76. The van der Waals surface area contributed by atoms with Gasteiger partial charge in [0.2, 0.25) is 0 Å². The maximum atomic E-state index is 10.9. The maximum Gasteiger partial charge on any atom is 0.341 e. The van der Waals surface area contributed by atoms with E-state index < -0.39 is 18.7 Å². The third kappa shape index (κ3) is 2.09. The smallest absolute Gasteiger partial charge is 0.341 e. The van der Waals surface area contributed by atoms with E-state index in [0.29, 0.717) is 23.5 Å². The fourth-order valence-electron chi connectivity index (χ4n) is 5.48. The van der Waals surface area contributed by atoms with Crippen molar-refractivity contribution in [3.63, 3.8) is 0 Å². The lowest BCUT2D eigenvalue weighted by molar-refractivity contribution is -0.139. The van der Waals surface area contributed by atoms with Crippen LogP contribution >= 0.6 is 12.4 Å². The lowest BCUT2D eigenvalue weighted by Crippen LogP contribution is -2.64. The van der Waals surface area contributed by atoms with Gasteiger partial charge in [-0.1, -0.05) is 18.2 Å². The van der Waals surface area contributed by atoms with E-state index in [0.717, 1.165) is 24.9 Å². The van der Waals surface area contributed by atoms with E-state index in [1.807, 2.05) is 12.1 Å². The normalized spacial score (nSPS) is 35.9. The first-order valence-corrected chi connectivity index (χ1v) is 8.76. The van der Waals surface area contributed by atoms with Crippen molar-refractivity contribution in [2.75, 3.05) is 20.2 Å². The van der Waals surface area contributed by atoms with Gasteiger partial charge in [-0.25, -0.2) is 4.79 Å². The molecule has 7 heteroatoms. The van der Waals surface area contributed by atoms with Gasteiger partial charge in [0.15, 0.2) is 18.1 Å². The minimum Gasteiger partial charge on any atom is -0.482 e. The number of likely N-dealkylation sites (N-methyl/N-ethyl adjacent to an activating group) is 1. The van der Waals surface area contributed by atoms with Crippen LogP contribution in [0.3, 0.4) is 0 Å². The molecule has 1 aromatic carbocycles. The number of aliphatic hydroxyl groups is 1. The Labute approximate surface area is 157 Å². The molecular weight excluding hydrogens is 358 g/mol. The van der Waals surface area contributed by atoms with Crippen LogP contribution in [0.25, 0.3) is 0 Å². The molecule has 5 atom stereocenters. The molecule has 2 bridgehead atoms. The monoisotopic (exact) mass is 379 g/mol. The van der Waals surface area contributed by atoms with Gasteiger partial charge in [0.1, 0.15) is 12.2 Å². The Kier molecular flexibility index (Phi) is 3.99. The number of aliphatic hydroxyl groups excluding tert-OH is 1. The first kappa shape index (κ1) is 17.6. The molecule has 0 amide bonds. The lowest BCUT2D eigenvalue weighted by Gasteiger charge is -2.56. The topological polar surface area (TPSA) is 79.2 Å². The van der Waals surface area contributed by atoms with Crippen molar-refractivity contribution in [1.82, 2.24) is 4.90 Å². The number of carboxylic acids is 1. The molecule has 2 heterocycles. The van der Waals surface area contributed by atoms with E-state index in [1.54, 1.807) is 6.07 Å². The van der Waals surface area contributed by atoms with Crippen molar-refractivity contribution in [3.8, 4) is 11.5 Å². The SMILES string of the molecule is CN1CC[C@]23c4c5ccc(OCC(=O)O)c4O[C@H]2[C@@H](O)C=C[C@H]3[C@H]1C5.Cl. The molecule has 140 valence electrons. The van der Waals surface area contributed by atoms with E-state index in [-0.39, 0.29) is 23.9 Å². The summed E-state index contributed by atoms with van der Waals surface area (Å²) in [6.45, 7) is 0.559. The molecule has 0 saturated carbocycles. The Morgan fingerprint density at radius 2 is 2.23 bits per heavy atom. The second-order valence-electron chi connectivity index (χ2n) is 7.59. The predicted octanol–water partition coefficient (Wildman–Crippen LogP) is 1.38. The number of hydrogen-bond donors (Lipinski definition) is 2. The Morgan fingerprint density at radius 1 is 1.42 bits per heavy atom. The molecule has 2 N–H and O–H groups in total. The summed E-state index contributed by atoms with van der Waals surface area (Å²) in [7, 11) is 2.16. The van der Waals surface area contributed by atoms with Crippen LogP contribution in [-0.4, -0.2) is 59.5 Å². The van der Waals surface area contributed by atoms with Crippen LogP contribution in [0.1, 0.15) is 17.5 Å². The first-order chi connectivity index (χ1) is 12.0. The molecule has 6 nitrogen and oxygen atoms in total. The fraction of sp³-hybridized carbons (Fsp3) is 0.526. The van der Waals surface area contributed by atoms with Crippen LogP contribution in [0.4, 0.5) is 0 Å². The second-order valence-corrected chi connectivity index (χ2v) is 7.59. The Bertz CT molecular complexity index is 796. The molecule has 0 unspecified atom stereocenters. The maximum absolute atomic E-state index is 10.9. The van der Waals surface area contributed by atoms with Crippen LogP contribution in [0, 0.1) is 5.92 Å². The highest BCUT2D eigenvalue weighted by atomic mass is 35.5. The van der Waals surface area contributed by atoms with Gasteiger partial charge in [-0.15, -0.1) is 12.4 Å². The zero-order valence-electron chi connectivity index (χ0n) is 14.4. The third-order valence-electron chi connectivity index (χ3n) is 6.49. The molecule has 1 spiro atoms. The second kappa shape index (κ2) is 5.87. The van der Waals surface area contributed by atoms with Crippen molar-refractivity contribution < 1.29 is 24.5 Å². The minimum absolute atomic E-state index is 0. The zero-order valence-corrected chi connectivity index (χ0v) is 15.2. The van der Waals surface area contributed by atoms with Gasteiger partial charge in [-0.05, 0) is 38.1 Å². The van der Waals surface area contributed by atoms with Crippen LogP contribution in [0.15, 0.2) is 24.3 Å². The van der Waals surface area contributed by atoms with E-state index in [2.05, 4.69) is 18.0 Å². The van der Waals surface area contributed by atoms with Gasteiger partial charge in [-0.2, -0.15) is 0 Å². The van der Waals surface area contributed by atoms with Crippen molar-refractivity contribution in [3.05, 3.63) is 35.4 Å². The average molecular weight is 380 g/mol. The molecule has 2 aliphatic carbocycles. The summed E-state index contributed by atoms with van der Waals surface area (Å²) in [5, 5.41) is 19.5. The van der Waals surface area contributed by atoms with Crippen molar-refractivity contribution >= 4 is 18.4 Å². The Morgan fingerprint density at radius 3 is 3.00 bits per heavy atom. The highest BCUT2D eigenvalue weighted by molar-refractivity contribution is 5.85. The zero-order chi connectivity index (χ0) is 17.3. The third-order valence-corrected chi connectivity index (χ3v) is 6.49. The summed E-state index contributed by atoms with van der Waals surface area (Å²) in [6.07, 6.45) is 4.87. The number of ether oxygens (including phenoxy) is 2. The van der Waals surface area contributed by atoms with E-state index >= 15 is 0 Å². The van der Waals surface area contributed by atoms with Gasteiger partial charge in [0.05, 0.1) is 0 Å². The van der Waals surface area contributed by atoms with Crippen molar-refractivity contribution in [1.29, 1.82) is 0 Å². The number of piperidine rings is 1. The summed E-state index contributed by atoms with van der Waals surface area (Å²) < 4.78 is 11.7. The van der Waals surface area contributed by atoms with Gasteiger partial charge in [-0.3, -0.25) is 0 Å². The lowest BCUT2D eigenvalue weighted by atomic mass is 9.53.